The quantitative estimate of drug-likeness (QED) is 0.672. The molecule has 2 rings (SSSR count). The van der Waals surface area contributed by atoms with Crippen molar-refractivity contribution >= 4 is 27.5 Å². The molecule has 102 valence electrons. The number of benzene rings is 2. The number of hydrogen-bond donors (Lipinski definition) is 1. The molecule has 0 heterocycles. The number of carbonyl (C=O) groups is 1. The van der Waals surface area contributed by atoms with Gasteiger partial charge in [-0.1, -0.05) is 52.3 Å². The molecule has 20 heavy (non-hydrogen) atoms. The summed E-state index contributed by atoms with van der Waals surface area (Å²) >= 11 is 3.42. The first-order valence-corrected chi connectivity index (χ1v) is 7.03. The van der Waals surface area contributed by atoms with Crippen molar-refractivity contribution in [2.24, 2.45) is 5.10 Å². The fourth-order valence-corrected chi connectivity index (χ4v) is 2.06. The van der Waals surface area contributed by atoms with E-state index in [2.05, 4.69) is 26.5 Å². The van der Waals surface area contributed by atoms with Gasteiger partial charge >= 0.3 is 0 Å². The van der Waals surface area contributed by atoms with Crippen LogP contribution in [0.1, 0.15) is 28.4 Å². The smallest absolute Gasteiger partial charge is 0.267 e. The number of hydrogen-bond acceptors (Lipinski definition) is 2. The highest BCUT2D eigenvalue weighted by Crippen LogP contribution is 2.17. The van der Waals surface area contributed by atoms with Crippen molar-refractivity contribution in [1.29, 1.82) is 0 Å². The highest BCUT2D eigenvalue weighted by Gasteiger charge is 2.06. The van der Waals surface area contributed by atoms with Gasteiger partial charge in [-0.25, -0.2) is 5.43 Å². The zero-order valence-electron chi connectivity index (χ0n) is 11.4. The van der Waals surface area contributed by atoms with Crippen LogP contribution in [0.5, 0.6) is 0 Å². The van der Waals surface area contributed by atoms with Crippen LogP contribution >= 0.6 is 15.9 Å². The minimum absolute atomic E-state index is 0.221. The predicted molar refractivity (Wildman–Crippen MR) is 85.0 cm³/mol. The van der Waals surface area contributed by atoms with Crippen LogP contribution in [-0.2, 0) is 0 Å². The van der Waals surface area contributed by atoms with Crippen LogP contribution in [0.25, 0.3) is 0 Å². The zero-order valence-corrected chi connectivity index (χ0v) is 12.9. The van der Waals surface area contributed by atoms with Gasteiger partial charge in [0.15, 0.2) is 0 Å². The van der Waals surface area contributed by atoms with Crippen molar-refractivity contribution in [3.05, 3.63) is 69.7 Å². The summed E-state index contributed by atoms with van der Waals surface area (Å²) in [7, 11) is 0. The minimum Gasteiger partial charge on any atom is -0.267 e. The van der Waals surface area contributed by atoms with Crippen LogP contribution in [0.3, 0.4) is 0 Å². The summed E-state index contributed by atoms with van der Waals surface area (Å²) in [6.07, 6.45) is 0. The number of halogens is 1. The van der Waals surface area contributed by atoms with Gasteiger partial charge in [-0.05, 0) is 37.1 Å². The van der Waals surface area contributed by atoms with Gasteiger partial charge in [0, 0.05) is 10.0 Å². The molecule has 0 aliphatic heterocycles. The van der Waals surface area contributed by atoms with Crippen molar-refractivity contribution in [1.82, 2.24) is 5.43 Å². The molecule has 3 nitrogen and oxygen atoms in total. The van der Waals surface area contributed by atoms with Crippen molar-refractivity contribution in [3.8, 4) is 0 Å². The van der Waals surface area contributed by atoms with Crippen LogP contribution in [0.2, 0.25) is 0 Å². The molecular weight excluding hydrogens is 316 g/mol. The molecule has 0 fully saturated rings. The van der Waals surface area contributed by atoms with Gasteiger partial charge in [-0.15, -0.1) is 0 Å². The summed E-state index contributed by atoms with van der Waals surface area (Å²) in [5, 5.41) is 4.12. The van der Waals surface area contributed by atoms with Gasteiger partial charge < -0.3 is 0 Å². The number of rotatable bonds is 3. The van der Waals surface area contributed by atoms with Gasteiger partial charge in [0.25, 0.3) is 5.91 Å². The molecule has 1 amide bonds. The average Bonchev–Trinajstić information content (AvgIpc) is 2.48. The molecule has 0 unspecified atom stereocenters. The van der Waals surface area contributed by atoms with Crippen molar-refractivity contribution in [2.75, 3.05) is 0 Å². The standard InChI is InChI=1S/C16H15BrN2O/c1-11-8-9-14(10-15(11)17)16(20)19-18-12(2)13-6-4-3-5-7-13/h3-10H,1-2H3,(H,19,20). The minimum atomic E-state index is -0.221. The Labute approximate surface area is 126 Å². The monoisotopic (exact) mass is 330 g/mol. The molecule has 0 bridgehead atoms. The van der Waals surface area contributed by atoms with Gasteiger partial charge in [-0.2, -0.15) is 5.10 Å². The molecule has 0 saturated heterocycles. The molecule has 0 aliphatic rings. The Hall–Kier alpha value is -1.94. The lowest BCUT2D eigenvalue weighted by atomic mass is 10.1. The predicted octanol–water partition coefficient (Wildman–Crippen LogP) is 3.91. The van der Waals surface area contributed by atoms with Crippen LogP contribution < -0.4 is 5.43 Å². The fraction of sp³-hybridized carbons (Fsp3) is 0.125. The van der Waals surface area contributed by atoms with E-state index in [9.17, 15) is 4.79 Å². The van der Waals surface area contributed by atoms with Crippen LogP contribution in [0, 0.1) is 6.92 Å². The molecule has 4 heteroatoms. The number of carbonyl (C=O) groups excluding carboxylic acids is 1. The Kier molecular flexibility index (Phi) is 4.69. The topological polar surface area (TPSA) is 41.5 Å². The number of nitrogens with zero attached hydrogens (tertiary/aromatic N) is 1. The zero-order chi connectivity index (χ0) is 14.5. The second-order valence-corrected chi connectivity index (χ2v) is 5.32. The summed E-state index contributed by atoms with van der Waals surface area (Å²) in [5.74, 6) is -0.221. The van der Waals surface area contributed by atoms with E-state index in [0.29, 0.717) is 5.56 Å². The Bertz CT molecular complexity index is 651. The molecule has 0 atom stereocenters. The first-order valence-electron chi connectivity index (χ1n) is 6.24. The van der Waals surface area contributed by atoms with Crippen LogP contribution in [0.4, 0.5) is 0 Å². The van der Waals surface area contributed by atoms with E-state index in [4.69, 9.17) is 0 Å². The number of hydrazone groups is 1. The van der Waals surface area contributed by atoms with Gasteiger partial charge in [0.1, 0.15) is 0 Å². The Morgan fingerprint density at radius 2 is 1.80 bits per heavy atom. The van der Waals surface area contributed by atoms with E-state index >= 15 is 0 Å². The SMILES string of the molecule is CC(=NNC(=O)c1ccc(C)c(Br)c1)c1ccccc1. The van der Waals surface area contributed by atoms with E-state index in [1.807, 2.05) is 50.2 Å². The molecular formula is C16H15BrN2O. The molecule has 0 aliphatic carbocycles. The first kappa shape index (κ1) is 14.5. The molecule has 0 saturated carbocycles. The largest absolute Gasteiger partial charge is 0.271 e. The third-order valence-electron chi connectivity index (χ3n) is 2.95. The lowest BCUT2D eigenvalue weighted by molar-refractivity contribution is 0.0955. The van der Waals surface area contributed by atoms with Gasteiger partial charge in [0.05, 0.1) is 5.71 Å². The number of amides is 1. The van der Waals surface area contributed by atoms with Gasteiger partial charge in [-0.3, -0.25) is 4.79 Å². The Balaban J connectivity index is 2.10. The van der Waals surface area contributed by atoms with E-state index in [1.54, 1.807) is 12.1 Å². The summed E-state index contributed by atoms with van der Waals surface area (Å²) in [6, 6.07) is 15.2. The second kappa shape index (κ2) is 6.48. The lowest BCUT2D eigenvalue weighted by Crippen LogP contribution is -2.19. The van der Waals surface area contributed by atoms with Crippen molar-refractivity contribution in [3.63, 3.8) is 0 Å². The maximum Gasteiger partial charge on any atom is 0.271 e. The maximum atomic E-state index is 12.0. The normalized spacial score (nSPS) is 11.2. The highest BCUT2D eigenvalue weighted by atomic mass is 79.9. The molecule has 0 spiro atoms. The fourth-order valence-electron chi connectivity index (χ4n) is 1.68. The lowest BCUT2D eigenvalue weighted by Gasteiger charge is -2.04. The van der Waals surface area contributed by atoms with E-state index in [0.717, 1.165) is 21.3 Å². The van der Waals surface area contributed by atoms with Crippen LogP contribution in [-0.4, -0.2) is 11.6 Å². The van der Waals surface area contributed by atoms with E-state index in [-0.39, 0.29) is 5.91 Å². The third kappa shape index (κ3) is 3.54. The average molecular weight is 331 g/mol. The Morgan fingerprint density at radius 3 is 2.45 bits per heavy atom. The molecule has 0 radical (unpaired) electrons. The summed E-state index contributed by atoms with van der Waals surface area (Å²) in [4.78, 5) is 12.0. The molecule has 1 N–H and O–H groups in total. The van der Waals surface area contributed by atoms with Gasteiger partial charge in [0.2, 0.25) is 0 Å². The Morgan fingerprint density at radius 1 is 1.10 bits per heavy atom. The number of aryl methyl sites for hydroxylation is 1. The molecule has 0 aromatic heterocycles. The van der Waals surface area contributed by atoms with E-state index < -0.39 is 0 Å². The summed E-state index contributed by atoms with van der Waals surface area (Å²) in [5.41, 5.74) is 5.99. The second-order valence-electron chi connectivity index (χ2n) is 4.47. The summed E-state index contributed by atoms with van der Waals surface area (Å²) < 4.78 is 0.911. The molecule has 2 aromatic carbocycles. The van der Waals surface area contributed by atoms with Crippen molar-refractivity contribution in [2.45, 2.75) is 13.8 Å². The van der Waals surface area contributed by atoms with E-state index in [1.165, 1.54) is 0 Å². The summed E-state index contributed by atoms with van der Waals surface area (Å²) in [6.45, 7) is 3.84. The van der Waals surface area contributed by atoms with Crippen molar-refractivity contribution < 1.29 is 4.79 Å². The van der Waals surface area contributed by atoms with Crippen LogP contribution in [0.15, 0.2) is 58.1 Å². The maximum absolute atomic E-state index is 12.0. The first-order chi connectivity index (χ1) is 9.58. The molecule has 2 aromatic rings. The number of nitrogens with one attached hydrogen (secondary N) is 1. The highest BCUT2D eigenvalue weighted by molar-refractivity contribution is 9.10. The third-order valence-corrected chi connectivity index (χ3v) is 3.81.